The highest BCUT2D eigenvalue weighted by atomic mass is 19.1. The number of nitrogens with zero attached hydrogens (tertiary/aromatic N) is 2. The number of aliphatic hydroxyl groups is 1. The van der Waals surface area contributed by atoms with Crippen molar-refractivity contribution in [3.05, 3.63) is 99.5 Å². The van der Waals surface area contributed by atoms with E-state index in [1.54, 1.807) is 13.0 Å². The van der Waals surface area contributed by atoms with E-state index in [4.69, 9.17) is 4.74 Å². The van der Waals surface area contributed by atoms with Gasteiger partial charge in [-0.15, -0.1) is 0 Å². The maximum atomic E-state index is 15.2. The van der Waals surface area contributed by atoms with Gasteiger partial charge in [-0.1, -0.05) is 30.3 Å². The molecule has 4 rings (SSSR count). The summed E-state index contributed by atoms with van der Waals surface area (Å²) in [5, 5.41) is 15.4. The molecule has 1 heterocycles. The number of anilines is 1. The van der Waals surface area contributed by atoms with Gasteiger partial charge in [-0.3, -0.25) is 9.59 Å². The van der Waals surface area contributed by atoms with E-state index in [-0.39, 0.29) is 12.1 Å². The van der Waals surface area contributed by atoms with Crippen molar-refractivity contribution < 1.29 is 19.0 Å². The highest BCUT2D eigenvalue weighted by molar-refractivity contribution is 6.04. The van der Waals surface area contributed by atoms with Gasteiger partial charge in [0.1, 0.15) is 17.1 Å². The quantitative estimate of drug-likeness (QED) is 0.284. The lowest BCUT2D eigenvalue weighted by Gasteiger charge is -2.18. The molecule has 0 saturated carbocycles. The SMILES string of the molecule is COc1cc(-c2cccc(-c3cccc(NC(=O)c4cncn(C)c4=O)c3C)c2C)cc(F)c1CNC[C@@H](C)O. The Morgan fingerprint density at radius 2 is 1.77 bits per heavy atom. The summed E-state index contributed by atoms with van der Waals surface area (Å²) in [6.45, 7) is 6.09. The molecule has 3 aromatic carbocycles. The third-order valence-corrected chi connectivity index (χ3v) is 6.87. The van der Waals surface area contributed by atoms with Crippen molar-refractivity contribution in [2.45, 2.75) is 33.4 Å². The van der Waals surface area contributed by atoms with Crippen molar-refractivity contribution in [1.29, 1.82) is 0 Å². The van der Waals surface area contributed by atoms with Gasteiger partial charge in [0.15, 0.2) is 0 Å². The fourth-order valence-corrected chi connectivity index (χ4v) is 4.68. The summed E-state index contributed by atoms with van der Waals surface area (Å²) in [7, 11) is 3.04. The van der Waals surface area contributed by atoms with E-state index in [0.29, 0.717) is 29.1 Å². The number of aliphatic hydroxyl groups excluding tert-OH is 1. The molecule has 0 saturated heterocycles. The average molecular weight is 545 g/mol. The normalized spacial score (nSPS) is 11.8. The number of nitrogens with one attached hydrogen (secondary N) is 2. The molecular weight excluding hydrogens is 511 g/mol. The Hall–Kier alpha value is -4.34. The van der Waals surface area contributed by atoms with E-state index in [2.05, 4.69) is 15.6 Å². The fraction of sp³-hybridized carbons (Fsp3) is 0.258. The van der Waals surface area contributed by atoms with E-state index in [9.17, 15) is 14.7 Å². The number of halogens is 1. The largest absolute Gasteiger partial charge is 0.496 e. The number of aromatic nitrogens is 2. The summed E-state index contributed by atoms with van der Waals surface area (Å²) < 4.78 is 22.0. The van der Waals surface area contributed by atoms with E-state index in [1.165, 1.54) is 37.3 Å². The third-order valence-electron chi connectivity index (χ3n) is 6.87. The monoisotopic (exact) mass is 544 g/mol. The molecule has 9 heteroatoms. The first-order chi connectivity index (χ1) is 19.1. The van der Waals surface area contributed by atoms with Gasteiger partial charge < -0.3 is 25.0 Å². The topological polar surface area (TPSA) is 105 Å². The molecule has 0 fully saturated rings. The Balaban J connectivity index is 1.69. The van der Waals surface area contributed by atoms with Gasteiger partial charge in [-0.25, -0.2) is 9.37 Å². The third kappa shape index (κ3) is 5.95. The van der Waals surface area contributed by atoms with Crippen LogP contribution in [0.5, 0.6) is 5.75 Å². The van der Waals surface area contributed by atoms with E-state index in [1.807, 2.05) is 50.2 Å². The van der Waals surface area contributed by atoms with Crippen LogP contribution in [0, 0.1) is 19.7 Å². The lowest BCUT2D eigenvalue weighted by Crippen LogP contribution is -2.28. The number of benzene rings is 3. The van der Waals surface area contributed by atoms with Crippen LogP contribution in [0.15, 0.2) is 65.8 Å². The van der Waals surface area contributed by atoms with Crippen molar-refractivity contribution in [2.24, 2.45) is 7.05 Å². The molecule has 208 valence electrons. The van der Waals surface area contributed by atoms with Gasteiger partial charge in [0, 0.05) is 37.6 Å². The van der Waals surface area contributed by atoms with Gasteiger partial charge in [-0.05, 0) is 72.4 Å². The molecule has 0 aliphatic carbocycles. The summed E-state index contributed by atoms with van der Waals surface area (Å²) in [4.78, 5) is 29.2. The Morgan fingerprint density at radius 3 is 2.48 bits per heavy atom. The molecule has 0 bridgehead atoms. The van der Waals surface area contributed by atoms with Gasteiger partial charge in [0.25, 0.3) is 11.5 Å². The molecule has 40 heavy (non-hydrogen) atoms. The predicted molar refractivity (Wildman–Crippen MR) is 154 cm³/mol. The lowest BCUT2D eigenvalue weighted by molar-refractivity contribution is 0.102. The van der Waals surface area contributed by atoms with Crippen molar-refractivity contribution in [3.8, 4) is 28.0 Å². The van der Waals surface area contributed by atoms with Crippen LogP contribution in [-0.2, 0) is 13.6 Å². The number of carbonyl (C=O) groups is 1. The fourth-order valence-electron chi connectivity index (χ4n) is 4.68. The number of carbonyl (C=O) groups excluding carboxylic acids is 1. The Morgan fingerprint density at radius 1 is 1.10 bits per heavy atom. The van der Waals surface area contributed by atoms with E-state index in [0.717, 1.165) is 27.8 Å². The predicted octanol–water partition coefficient (Wildman–Crippen LogP) is 4.60. The Kier molecular flexibility index (Phi) is 8.77. The second-order valence-electron chi connectivity index (χ2n) is 9.75. The van der Waals surface area contributed by atoms with Crippen molar-refractivity contribution in [1.82, 2.24) is 14.9 Å². The zero-order valence-corrected chi connectivity index (χ0v) is 23.2. The minimum absolute atomic E-state index is 0.0477. The lowest BCUT2D eigenvalue weighted by atomic mass is 9.90. The summed E-state index contributed by atoms with van der Waals surface area (Å²) in [6, 6.07) is 14.7. The Labute approximate surface area is 232 Å². The van der Waals surface area contributed by atoms with Crippen molar-refractivity contribution in [2.75, 3.05) is 19.0 Å². The summed E-state index contributed by atoms with van der Waals surface area (Å²) >= 11 is 0. The van der Waals surface area contributed by atoms with Gasteiger partial charge in [-0.2, -0.15) is 0 Å². The minimum atomic E-state index is -0.545. The van der Waals surface area contributed by atoms with E-state index < -0.39 is 23.4 Å². The molecule has 0 radical (unpaired) electrons. The molecule has 0 aliphatic rings. The molecular formula is C31H33FN4O4. The minimum Gasteiger partial charge on any atom is -0.496 e. The first-order valence-corrected chi connectivity index (χ1v) is 12.9. The molecule has 1 amide bonds. The van der Waals surface area contributed by atoms with Crippen LogP contribution < -0.4 is 20.9 Å². The van der Waals surface area contributed by atoms with Crippen LogP contribution in [0.2, 0.25) is 0 Å². The zero-order chi connectivity index (χ0) is 29.0. The standard InChI is InChI=1S/C31H33FN4O4/c1-18(37)14-33-15-25-27(32)12-21(13-29(25)40-5)22-8-6-9-23(19(22)2)24-10-7-11-28(20(24)3)35-30(38)26-16-34-17-36(4)31(26)39/h6-13,16-18,33,37H,14-15H2,1-5H3,(H,35,38)/t18-/m1/s1. The maximum Gasteiger partial charge on any atom is 0.265 e. The number of rotatable bonds is 9. The molecule has 0 unspecified atom stereocenters. The number of amides is 1. The molecule has 0 spiro atoms. The second kappa shape index (κ2) is 12.2. The zero-order valence-electron chi connectivity index (χ0n) is 23.2. The van der Waals surface area contributed by atoms with E-state index >= 15 is 4.39 Å². The van der Waals surface area contributed by atoms with Gasteiger partial charge in [0.05, 0.1) is 19.5 Å². The highest BCUT2D eigenvalue weighted by Crippen LogP contribution is 2.37. The number of aryl methyl sites for hydroxylation is 1. The summed E-state index contributed by atoms with van der Waals surface area (Å²) in [5.41, 5.74) is 5.55. The van der Waals surface area contributed by atoms with Crippen LogP contribution in [0.3, 0.4) is 0 Å². The first-order valence-electron chi connectivity index (χ1n) is 12.9. The van der Waals surface area contributed by atoms with Crippen LogP contribution in [-0.4, -0.2) is 40.3 Å². The summed E-state index contributed by atoms with van der Waals surface area (Å²) in [5.74, 6) is -0.523. The van der Waals surface area contributed by atoms with Crippen LogP contribution in [0.25, 0.3) is 22.3 Å². The van der Waals surface area contributed by atoms with Crippen LogP contribution in [0.4, 0.5) is 10.1 Å². The summed E-state index contributed by atoms with van der Waals surface area (Å²) in [6.07, 6.45) is 2.06. The highest BCUT2D eigenvalue weighted by Gasteiger charge is 2.18. The smallest absolute Gasteiger partial charge is 0.265 e. The van der Waals surface area contributed by atoms with Crippen LogP contribution >= 0.6 is 0 Å². The molecule has 8 nitrogen and oxygen atoms in total. The van der Waals surface area contributed by atoms with Crippen LogP contribution in [0.1, 0.15) is 34.0 Å². The Bertz CT molecular complexity index is 1610. The molecule has 0 aliphatic heterocycles. The van der Waals surface area contributed by atoms with Gasteiger partial charge >= 0.3 is 0 Å². The maximum absolute atomic E-state index is 15.2. The second-order valence-corrected chi connectivity index (χ2v) is 9.75. The van der Waals surface area contributed by atoms with Crippen molar-refractivity contribution >= 4 is 11.6 Å². The van der Waals surface area contributed by atoms with Gasteiger partial charge in [0.2, 0.25) is 0 Å². The number of methoxy groups -OCH3 is 1. The molecule has 1 aromatic heterocycles. The molecule has 4 aromatic rings. The first kappa shape index (κ1) is 28.7. The average Bonchev–Trinajstić information content (AvgIpc) is 2.92. The number of ether oxygens (including phenoxy) is 1. The van der Waals surface area contributed by atoms with Crippen molar-refractivity contribution in [3.63, 3.8) is 0 Å². The number of hydrogen-bond donors (Lipinski definition) is 3. The molecule has 3 N–H and O–H groups in total. The number of hydrogen-bond acceptors (Lipinski definition) is 6. The molecule has 1 atom stereocenters.